The Labute approximate surface area is 153 Å². The lowest BCUT2D eigenvalue weighted by Gasteiger charge is -2.43. The maximum atomic E-state index is 11.8. The monoisotopic (exact) mass is 363 g/mol. The molecule has 136 valence electrons. The lowest BCUT2D eigenvalue weighted by atomic mass is 9.68. The van der Waals surface area contributed by atoms with Gasteiger partial charge in [0.2, 0.25) is 0 Å². The van der Waals surface area contributed by atoms with Gasteiger partial charge in [0, 0.05) is 10.4 Å². The molecule has 1 heterocycles. The van der Waals surface area contributed by atoms with Crippen LogP contribution in [0.25, 0.3) is 0 Å². The second kappa shape index (κ2) is 7.06. The molecule has 1 saturated carbocycles. The molecular weight excluding hydrogens is 338 g/mol. The van der Waals surface area contributed by atoms with Crippen LogP contribution in [0.3, 0.4) is 0 Å². The summed E-state index contributed by atoms with van der Waals surface area (Å²) in [6.07, 6.45) is 5.80. The first-order valence-electron chi connectivity index (χ1n) is 8.80. The molecule has 0 amide bonds. The van der Waals surface area contributed by atoms with Crippen LogP contribution in [0.5, 0.6) is 0 Å². The zero-order valence-electron chi connectivity index (χ0n) is 14.8. The summed E-state index contributed by atoms with van der Waals surface area (Å²) in [6.45, 7) is 4.25. The summed E-state index contributed by atoms with van der Waals surface area (Å²) in [5.74, 6) is 0.0848. The smallest absolute Gasteiger partial charge is 0.137 e. The summed E-state index contributed by atoms with van der Waals surface area (Å²) in [5, 5.41) is 26.7. The van der Waals surface area contributed by atoms with Gasteiger partial charge >= 0.3 is 0 Å². The van der Waals surface area contributed by atoms with E-state index < -0.39 is 11.7 Å². The molecule has 1 aromatic carbocycles. The van der Waals surface area contributed by atoms with Crippen molar-refractivity contribution in [2.45, 2.75) is 57.8 Å². The topological polar surface area (TPSA) is 71.2 Å². The summed E-state index contributed by atoms with van der Waals surface area (Å²) in [4.78, 5) is 4.00. The second-order valence-corrected chi connectivity index (χ2v) is 8.13. The summed E-state index contributed by atoms with van der Waals surface area (Å²) < 4.78 is 1.69. The molecule has 1 aliphatic carbocycles. The summed E-state index contributed by atoms with van der Waals surface area (Å²) >= 11 is 5.99. The van der Waals surface area contributed by atoms with Crippen LogP contribution in [-0.2, 0) is 13.0 Å². The first-order valence-corrected chi connectivity index (χ1v) is 9.17. The van der Waals surface area contributed by atoms with Gasteiger partial charge in [-0.25, -0.2) is 4.98 Å². The van der Waals surface area contributed by atoms with Gasteiger partial charge in [-0.2, -0.15) is 5.10 Å². The number of aliphatic hydroxyl groups is 2. The normalized spacial score (nSPS) is 30.5. The Morgan fingerprint density at radius 2 is 2.08 bits per heavy atom. The Hall–Kier alpha value is -1.43. The molecule has 4 unspecified atom stereocenters. The van der Waals surface area contributed by atoms with Gasteiger partial charge in [-0.3, -0.25) is 4.68 Å². The standard InChI is InChI=1S/C19H26ClN3O2/c1-14(24)10-18(2)8-7-16(9-15-3-5-17(20)6-4-15)19(18,25)11-23-13-21-12-22-23/h3-6,12-14,16,24-25H,7-11H2,1-2H3. The number of hydrogen-bond donors (Lipinski definition) is 2. The van der Waals surface area contributed by atoms with Crippen molar-refractivity contribution in [3.8, 4) is 0 Å². The van der Waals surface area contributed by atoms with Crippen LogP contribution in [0.15, 0.2) is 36.9 Å². The average molecular weight is 364 g/mol. The van der Waals surface area contributed by atoms with Crippen molar-refractivity contribution in [2.75, 3.05) is 0 Å². The number of benzene rings is 1. The lowest BCUT2D eigenvalue weighted by Crippen LogP contribution is -2.51. The number of halogens is 1. The molecule has 5 nitrogen and oxygen atoms in total. The minimum Gasteiger partial charge on any atom is -0.393 e. The molecule has 1 aromatic heterocycles. The van der Waals surface area contributed by atoms with Crippen LogP contribution >= 0.6 is 11.6 Å². The Kier molecular flexibility index (Phi) is 5.19. The molecule has 1 fully saturated rings. The zero-order valence-corrected chi connectivity index (χ0v) is 15.5. The van der Waals surface area contributed by atoms with E-state index in [1.807, 2.05) is 24.3 Å². The van der Waals surface area contributed by atoms with Crippen molar-refractivity contribution in [1.82, 2.24) is 14.8 Å². The highest BCUT2D eigenvalue weighted by atomic mass is 35.5. The van der Waals surface area contributed by atoms with Crippen molar-refractivity contribution in [1.29, 1.82) is 0 Å². The number of aromatic nitrogens is 3. The van der Waals surface area contributed by atoms with E-state index in [0.717, 1.165) is 24.8 Å². The summed E-state index contributed by atoms with van der Waals surface area (Å²) in [6, 6.07) is 7.81. The third-order valence-corrected chi connectivity index (χ3v) is 6.03. The van der Waals surface area contributed by atoms with Crippen molar-refractivity contribution in [3.05, 3.63) is 47.5 Å². The molecule has 2 aromatic rings. The molecule has 1 aliphatic rings. The van der Waals surface area contributed by atoms with Gasteiger partial charge in [0.1, 0.15) is 12.7 Å². The van der Waals surface area contributed by atoms with E-state index in [4.69, 9.17) is 11.6 Å². The highest BCUT2D eigenvalue weighted by molar-refractivity contribution is 6.30. The molecule has 0 aliphatic heterocycles. The molecule has 0 radical (unpaired) electrons. The summed E-state index contributed by atoms with van der Waals surface area (Å²) in [7, 11) is 0. The third-order valence-electron chi connectivity index (χ3n) is 5.78. The van der Waals surface area contributed by atoms with E-state index in [2.05, 4.69) is 17.0 Å². The highest BCUT2D eigenvalue weighted by Gasteiger charge is 2.56. The second-order valence-electron chi connectivity index (χ2n) is 7.70. The highest BCUT2D eigenvalue weighted by Crippen LogP contribution is 2.54. The Bertz CT molecular complexity index is 689. The first kappa shape index (κ1) is 18.4. The minimum absolute atomic E-state index is 0.0848. The molecule has 2 N–H and O–H groups in total. The fourth-order valence-corrected chi connectivity index (χ4v) is 4.55. The van der Waals surface area contributed by atoms with E-state index in [9.17, 15) is 10.2 Å². The van der Waals surface area contributed by atoms with Gasteiger partial charge < -0.3 is 10.2 Å². The predicted octanol–water partition coefficient (Wildman–Crippen LogP) is 3.09. The molecular formula is C19H26ClN3O2. The quantitative estimate of drug-likeness (QED) is 0.827. The van der Waals surface area contributed by atoms with E-state index in [-0.39, 0.29) is 11.3 Å². The van der Waals surface area contributed by atoms with Crippen LogP contribution in [0, 0.1) is 11.3 Å². The molecule has 4 atom stereocenters. The fourth-order valence-electron chi connectivity index (χ4n) is 4.43. The Morgan fingerprint density at radius 3 is 2.68 bits per heavy atom. The average Bonchev–Trinajstić information content (AvgIpc) is 3.12. The van der Waals surface area contributed by atoms with Crippen molar-refractivity contribution >= 4 is 11.6 Å². The maximum absolute atomic E-state index is 11.8. The number of aliphatic hydroxyl groups excluding tert-OH is 1. The molecule has 25 heavy (non-hydrogen) atoms. The van der Waals surface area contributed by atoms with Gasteiger partial charge in [-0.05, 0) is 56.2 Å². The van der Waals surface area contributed by atoms with Crippen LogP contribution in [0.4, 0.5) is 0 Å². The van der Waals surface area contributed by atoms with Crippen LogP contribution in [0.2, 0.25) is 5.02 Å². The summed E-state index contributed by atoms with van der Waals surface area (Å²) in [5.41, 5.74) is -0.172. The Morgan fingerprint density at radius 1 is 1.36 bits per heavy atom. The van der Waals surface area contributed by atoms with Crippen molar-refractivity contribution in [3.63, 3.8) is 0 Å². The predicted molar refractivity (Wildman–Crippen MR) is 97.3 cm³/mol. The van der Waals surface area contributed by atoms with Gasteiger partial charge in [-0.15, -0.1) is 0 Å². The van der Waals surface area contributed by atoms with Gasteiger partial charge in [0.25, 0.3) is 0 Å². The molecule has 3 rings (SSSR count). The first-order chi connectivity index (χ1) is 11.8. The molecule has 0 saturated heterocycles. The number of rotatable bonds is 6. The van der Waals surface area contributed by atoms with Crippen molar-refractivity contribution < 1.29 is 10.2 Å². The van der Waals surface area contributed by atoms with Crippen LogP contribution in [0.1, 0.15) is 38.7 Å². The minimum atomic E-state index is -0.961. The molecule has 6 heteroatoms. The third kappa shape index (κ3) is 3.73. The Balaban J connectivity index is 1.89. The van der Waals surface area contributed by atoms with E-state index in [1.165, 1.54) is 6.33 Å². The number of nitrogens with zero attached hydrogens (tertiary/aromatic N) is 3. The zero-order chi connectivity index (χ0) is 18.1. The van der Waals surface area contributed by atoms with Crippen LogP contribution < -0.4 is 0 Å². The maximum Gasteiger partial charge on any atom is 0.137 e. The SMILES string of the molecule is CC(O)CC1(C)CCC(Cc2ccc(Cl)cc2)C1(O)Cn1cncn1. The largest absolute Gasteiger partial charge is 0.393 e. The molecule has 0 bridgehead atoms. The fraction of sp³-hybridized carbons (Fsp3) is 0.579. The lowest BCUT2D eigenvalue weighted by molar-refractivity contribution is -0.112. The van der Waals surface area contributed by atoms with Gasteiger partial charge in [0.15, 0.2) is 0 Å². The van der Waals surface area contributed by atoms with E-state index in [1.54, 1.807) is 17.9 Å². The van der Waals surface area contributed by atoms with E-state index in [0.29, 0.717) is 18.0 Å². The van der Waals surface area contributed by atoms with Gasteiger partial charge in [-0.1, -0.05) is 30.7 Å². The van der Waals surface area contributed by atoms with E-state index >= 15 is 0 Å². The molecule has 0 spiro atoms. The number of hydrogen-bond acceptors (Lipinski definition) is 4. The van der Waals surface area contributed by atoms with Crippen molar-refractivity contribution in [2.24, 2.45) is 11.3 Å². The van der Waals surface area contributed by atoms with Gasteiger partial charge in [0.05, 0.1) is 18.2 Å². The van der Waals surface area contributed by atoms with Crippen LogP contribution in [-0.4, -0.2) is 36.7 Å².